The first-order valence-corrected chi connectivity index (χ1v) is 5.98. The van der Waals surface area contributed by atoms with E-state index in [2.05, 4.69) is 4.99 Å². The summed E-state index contributed by atoms with van der Waals surface area (Å²) >= 11 is 0. The van der Waals surface area contributed by atoms with Gasteiger partial charge < -0.3 is 10.5 Å². The van der Waals surface area contributed by atoms with E-state index in [0.29, 0.717) is 18.2 Å². The summed E-state index contributed by atoms with van der Waals surface area (Å²) in [5, 5.41) is 0. The predicted octanol–water partition coefficient (Wildman–Crippen LogP) is 2.75. The Hall–Kier alpha value is -2.03. The second-order valence-corrected chi connectivity index (χ2v) is 4.94. The van der Waals surface area contributed by atoms with Crippen molar-refractivity contribution in [1.29, 1.82) is 0 Å². The van der Waals surface area contributed by atoms with Gasteiger partial charge in [-0.05, 0) is 25.5 Å². The minimum atomic E-state index is -0.144. The third-order valence-corrected chi connectivity index (χ3v) is 2.54. The molecule has 1 heterocycles. The lowest BCUT2D eigenvalue weighted by atomic mass is 10.1. The fourth-order valence-corrected chi connectivity index (χ4v) is 1.63. The fourth-order valence-electron chi connectivity index (χ4n) is 1.63. The van der Waals surface area contributed by atoms with Gasteiger partial charge in [-0.3, -0.25) is 0 Å². The van der Waals surface area contributed by atoms with Crippen molar-refractivity contribution >= 4 is 12.0 Å². The second kappa shape index (κ2) is 5.08. The van der Waals surface area contributed by atoms with Crippen molar-refractivity contribution in [2.24, 2.45) is 10.7 Å². The van der Waals surface area contributed by atoms with Crippen molar-refractivity contribution in [3.8, 4) is 0 Å². The van der Waals surface area contributed by atoms with E-state index >= 15 is 0 Å². The lowest BCUT2D eigenvalue weighted by molar-refractivity contribution is 0.280. The average molecular weight is 242 g/mol. The maximum atomic E-state index is 5.90. The van der Waals surface area contributed by atoms with Gasteiger partial charge in [-0.25, -0.2) is 4.99 Å². The highest BCUT2D eigenvalue weighted by Gasteiger charge is 2.24. The predicted molar refractivity (Wildman–Crippen MR) is 75.2 cm³/mol. The van der Waals surface area contributed by atoms with Crippen molar-refractivity contribution in [3.05, 3.63) is 53.7 Å². The Balaban J connectivity index is 2.05. The summed E-state index contributed by atoms with van der Waals surface area (Å²) in [6.07, 6.45) is 5.58. The van der Waals surface area contributed by atoms with Gasteiger partial charge in [0.25, 0.3) is 0 Å². The van der Waals surface area contributed by atoms with Crippen LogP contribution in [0.4, 0.5) is 0 Å². The van der Waals surface area contributed by atoms with E-state index in [9.17, 15) is 0 Å². The van der Waals surface area contributed by atoms with Gasteiger partial charge in [-0.2, -0.15) is 0 Å². The van der Waals surface area contributed by atoms with Crippen LogP contribution < -0.4 is 5.73 Å². The summed E-state index contributed by atoms with van der Waals surface area (Å²) < 4.78 is 5.45. The van der Waals surface area contributed by atoms with E-state index in [4.69, 9.17) is 10.5 Å². The molecule has 94 valence electrons. The Morgan fingerprint density at radius 1 is 1.33 bits per heavy atom. The molecular formula is C15H18N2O. The van der Waals surface area contributed by atoms with Crippen LogP contribution in [0.25, 0.3) is 6.08 Å². The minimum Gasteiger partial charge on any atom is -0.475 e. The minimum absolute atomic E-state index is 0.144. The molecular weight excluding hydrogens is 224 g/mol. The maximum absolute atomic E-state index is 5.90. The van der Waals surface area contributed by atoms with Gasteiger partial charge in [0.05, 0.1) is 5.54 Å². The molecule has 0 unspecified atom stereocenters. The van der Waals surface area contributed by atoms with Crippen molar-refractivity contribution in [2.75, 3.05) is 6.61 Å². The number of hydrogen-bond donors (Lipinski definition) is 1. The standard InChI is InChI=1S/C15H18N2O/c1-15(2)11-18-14(17-15)10-13(16)9-8-12-6-4-3-5-7-12/h3-10H,11,16H2,1-2H3/b9-8+,13-10-. The van der Waals surface area contributed by atoms with E-state index in [-0.39, 0.29) is 5.54 Å². The van der Waals surface area contributed by atoms with Crippen LogP contribution in [0.15, 0.2) is 53.2 Å². The van der Waals surface area contributed by atoms with Gasteiger partial charge in [-0.1, -0.05) is 36.4 Å². The zero-order valence-electron chi connectivity index (χ0n) is 10.8. The number of nitrogens with two attached hydrogens (primary N) is 1. The summed E-state index contributed by atoms with van der Waals surface area (Å²) in [6.45, 7) is 4.67. The Labute approximate surface area is 108 Å². The number of ether oxygens (including phenoxy) is 1. The lowest BCUT2D eigenvalue weighted by Gasteiger charge is -2.07. The molecule has 0 aromatic heterocycles. The molecule has 3 nitrogen and oxygen atoms in total. The fraction of sp³-hybridized carbons (Fsp3) is 0.267. The van der Waals surface area contributed by atoms with Crippen molar-refractivity contribution in [2.45, 2.75) is 19.4 Å². The zero-order valence-corrected chi connectivity index (χ0v) is 10.8. The quantitative estimate of drug-likeness (QED) is 0.828. The van der Waals surface area contributed by atoms with Crippen molar-refractivity contribution < 1.29 is 4.74 Å². The highest BCUT2D eigenvalue weighted by molar-refractivity contribution is 5.90. The molecule has 18 heavy (non-hydrogen) atoms. The monoisotopic (exact) mass is 242 g/mol. The van der Waals surface area contributed by atoms with Crippen LogP contribution in [0.2, 0.25) is 0 Å². The maximum Gasteiger partial charge on any atom is 0.211 e. The largest absolute Gasteiger partial charge is 0.475 e. The zero-order chi connectivity index (χ0) is 13.0. The van der Waals surface area contributed by atoms with Crippen LogP contribution in [-0.2, 0) is 4.74 Å². The second-order valence-electron chi connectivity index (χ2n) is 4.94. The van der Waals surface area contributed by atoms with Gasteiger partial charge in [0.15, 0.2) is 0 Å². The molecule has 2 N–H and O–H groups in total. The first-order chi connectivity index (χ1) is 8.55. The molecule has 1 aromatic carbocycles. The molecule has 1 aromatic rings. The van der Waals surface area contributed by atoms with Gasteiger partial charge in [0.2, 0.25) is 5.90 Å². The number of nitrogens with zero attached hydrogens (tertiary/aromatic N) is 1. The van der Waals surface area contributed by atoms with Gasteiger partial charge in [0, 0.05) is 11.8 Å². The van der Waals surface area contributed by atoms with E-state index in [1.54, 1.807) is 6.08 Å². The summed E-state index contributed by atoms with van der Waals surface area (Å²) in [5.74, 6) is 0.607. The Bertz CT molecular complexity index is 498. The van der Waals surface area contributed by atoms with E-state index in [0.717, 1.165) is 5.56 Å². The number of rotatable bonds is 3. The smallest absolute Gasteiger partial charge is 0.211 e. The molecule has 0 bridgehead atoms. The summed E-state index contributed by atoms with van der Waals surface area (Å²) in [5.41, 5.74) is 7.51. The Morgan fingerprint density at radius 2 is 2.06 bits per heavy atom. The Kier molecular flexibility index (Phi) is 3.51. The third-order valence-electron chi connectivity index (χ3n) is 2.54. The van der Waals surface area contributed by atoms with Crippen LogP contribution in [0.5, 0.6) is 0 Å². The molecule has 1 aliphatic heterocycles. The normalized spacial score (nSPS) is 18.8. The third kappa shape index (κ3) is 3.48. The van der Waals surface area contributed by atoms with E-state index in [1.807, 2.05) is 56.3 Å². The first-order valence-electron chi connectivity index (χ1n) is 5.98. The first kappa shape index (κ1) is 12.4. The van der Waals surface area contributed by atoms with Crippen molar-refractivity contribution in [3.63, 3.8) is 0 Å². The molecule has 0 aliphatic carbocycles. The molecule has 2 rings (SSSR count). The molecule has 0 radical (unpaired) electrons. The molecule has 1 aliphatic rings. The molecule has 0 fully saturated rings. The molecule has 3 heteroatoms. The molecule has 0 spiro atoms. The van der Waals surface area contributed by atoms with E-state index in [1.165, 1.54) is 0 Å². The highest BCUT2D eigenvalue weighted by Crippen LogP contribution is 2.17. The average Bonchev–Trinajstić information content (AvgIpc) is 2.67. The SMILES string of the molecule is CC1(C)COC(/C=C(N)/C=C/c2ccccc2)=N1. The number of aliphatic imine (C=N–C) groups is 1. The van der Waals surface area contributed by atoms with E-state index < -0.39 is 0 Å². The van der Waals surface area contributed by atoms with Gasteiger partial charge in [-0.15, -0.1) is 0 Å². The van der Waals surface area contributed by atoms with Crippen LogP contribution in [0.1, 0.15) is 19.4 Å². The molecule has 0 atom stereocenters. The van der Waals surface area contributed by atoms with Gasteiger partial charge >= 0.3 is 0 Å². The van der Waals surface area contributed by atoms with Gasteiger partial charge in [0.1, 0.15) is 6.61 Å². The van der Waals surface area contributed by atoms with Crippen LogP contribution in [0.3, 0.4) is 0 Å². The molecule has 0 amide bonds. The topological polar surface area (TPSA) is 47.6 Å². The van der Waals surface area contributed by atoms with Crippen LogP contribution >= 0.6 is 0 Å². The summed E-state index contributed by atoms with van der Waals surface area (Å²) in [7, 11) is 0. The highest BCUT2D eigenvalue weighted by atomic mass is 16.5. The number of hydrogen-bond acceptors (Lipinski definition) is 3. The lowest BCUT2D eigenvalue weighted by Crippen LogP contribution is -2.17. The molecule has 0 saturated carbocycles. The number of benzene rings is 1. The van der Waals surface area contributed by atoms with Crippen LogP contribution in [-0.4, -0.2) is 18.0 Å². The van der Waals surface area contributed by atoms with Crippen LogP contribution in [0, 0.1) is 0 Å². The Morgan fingerprint density at radius 3 is 2.67 bits per heavy atom. The van der Waals surface area contributed by atoms with Crippen molar-refractivity contribution in [1.82, 2.24) is 0 Å². The number of allylic oxidation sites excluding steroid dienone is 1. The molecule has 0 saturated heterocycles. The summed E-state index contributed by atoms with van der Waals surface area (Å²) in [6, 6.07) is 10.0. The summed E-state index contributed by atoms with van der Waals surface area (Å²) in [4.78, 5) is 4.42.